The van der Waals surface area contributed by atoms with Crippen molar-refractivity contribution in [1.82, 2.24) is 0 Å². The number of benzene rings is 5. The summed E-state index contributed by atoms with van der Waals surface area (Å²) in [6.07, 6.45) is -0.262. The summed E-state index contributed by atoms with van der Waals surface area (Å²) in [4.78, 5) is 59.2. The van der Waals surface area contributed by atoms with Crippen LogP contribution >= 0.6 is 15.9 Å². The number of anilines is 2. The maximum Gasteiger partial charge on any atom is 0.265 e. The molecule has 0 aliphatic carbocycles. The number of rotatable bonds is 7. The van der Waals surface area contributed by atoms with Crippen LogP contribution in [0.15, 0.2) is 137 Å². The summed E-state index contributed by atoms with van der Waals surface area (Å²) in [5.41, 5.74) is 0.443. The predicted octanol–water partition coefficient (Wildman–Crippen LogP) is 7.41. The molecule has 8 nitrogen and oxygen atoms in total. The van der Waals surface area contributed by atoms with E-state index in [1.165, 1.54) is 19.1 Å². The molecule has 1 spiro atoms. The lowest BCUT2D eigenvalue weighted by atomic mass is 9.58. The van der Waals surface area contributed by atoms with E-state index in [9.17, 15) is 9.59 Å². The van der Waals surface area contributed by atoms with E-state index in [0.717, 1.165) is 19.2 Å². The first-order valence-electron chi connectivity index (χ1n) is 16.0. The van der Waals surface area contributed by atoms with Gasteiger partial charge < -0.3 is 0 Å². The van der Waals surface area contributed by atoms with Crippen LogP contribution in [0.1, 0.15) is 56.7 Å². The Morgan fingerprint density at radius 3 is 2.00 bits per heavy atom. The van der Waals surface area contributed by atoms with Crippen molar-refractivity contribution in [1.29, 1.82) is 0 Å². The lowest BCUT2D eigenvalue weighted by molar-refractivity contribution is -0.129. The van der Waals surface area contributed by atoms with Crippen molar-refractivity contribution in [3.05, 3.63) is 160 Å². The number of halogens is 1. The number of carbonyl (C=O) groups excluding carboxylic acids is 4. The first-order chi connectivity index (χ1) is 24.0. The number of ketones is 2. The summed E-state index contributed by atoms with van der Waals surface area (Å²) in [6, 6.07) is 32.9. The molecule has 2 heterocycles. The second-order valence-electron chi connectivity index (χ2n) is 12.5. The van der Waals surface area contributed by atoms with Crippen LogP contribution in [0.4, 0.5) is 11.4 Å². The van der Waals surface area contributed by atoms with Crippen molar-refractivity contribution in [3.8, 4) is 0 Å². The van der Waals surface area contributed by atoms with Crippen molar-refractivity contribution >= 4 is 60.7 Å². The molecule has 0 saturated carbocycles. The summed E-state index contributed by atoms with van der Waals surface area (Å²) in [6.45, 7) is 3.09. The third-order valence-corrected chi connectivity index (χ3v) is 12.0. The summed E-state index contributed by atoms with van der Waals surface area (Å²) in [5.74, 6) is -3.40. The van der Waals surface area contributed by atoms with Crippen molar-refractivity contribution < 1.29 is 27.6 Å². The lowest BCUT2D eigenvalue weighted by Gasteiger charge is -2.51. The molecule has 0 saturated heterocycles. The SMILES string of the molecule is CC(=O)N1C(=O)[C@@]2(c3ccccc31)[C@H](C(=O)c1ccccc1)N(S(=O)(=O)c1ccc(C)cc1)c1ccccc1[C@@H]2CC(=O)c1ccc(Br)cc1. The number of nitrogens with zero attached hydrogens (tertiary/aromatic N) is 2. The minimum atomic E-state index is -4.56. The van der Waals surface area contributed by atoms with Gasteiger partial charge in [0.2, 0.25) is 11.8 Å². The highest BCUT2D eigenvalue weighted by molar-refractivity contribution is 9.10. The van der Waals surface area contributed by atoms with Crippen molar-refractivity contribution in [2.24, 2.45) is 0 Å². The van der Waals surface area contributed by atoms with E-state index in [4.69, 9.17) is 0 Å². The zero-order chi connectivity index (χ0) is 35.4. The molecule has 0 fully saturated rings. The fraction of sp³-hybridized carbons (Fsp3) is 0.150. The van der Waals surface area contributed by atoms with Crippen LogP contribution < -0.4 is 9.21 Å². The van der Waals surface area contributed by atoms with E-state index >= 15 is 18.0 Å². The number of sulfonamides is 1. The Balaban J connectivity index is 1.60. The largest absolute Gasteiger partial charge is 0.294 e. The molecule has 2 aliphatic heterocycles. The summed E-state index contributed by atoms with van der Waals surface area (Å²) in [5, 5.41) is 0. The Morgan fingerprint density at radius 1 is 0.740 bits per heavy atom. The van der Waals surface area contributed by atoms with E-state index in [-0.39, 0.29) is 34.0 Å². The average Bonchev–Trinajstić information content (AvgIpc) is 3.37. The monoisotopic (exact) mass is 746 g/mol. The van der Waals surface area contributed by atoms with E-state index in [0.29, 0.717) is 16.7 Å². The van der Waals surface area contributed by atoms with Crippen LogP contribution in [0, 0.1) is 6.92 Å². The maximum absolute atomic E-state index is 15.4. The van der Waals surface area contributed by atoms with Gasteiger partial charge in [-0.25, -0.2) is 13.3 Å². The minimum absolute atomic E-state index is 0.0783. The number of amides is 2. The van der Waals surface area contributed by atoms with Gasteiger partial charge in [0.05, 0.1) is 16.3 Å². The molecule has 0 unspecified atom stereocenters. The van der Waals surface area contributed by atoms with Gasteiger partial charge in [0, 0.05) is 34.9 Å². The Kier molecular flexibility index (Phi) is 8.40. The molecule has 3 atom stereocenters. The number of aryl methyl sites for hydroxylation is 1. The van der Waals surface area contributed by atoms with Gasteiger partial charge in [-0.15, -0.1) is 0 Å². The van der Waals surface area contributed by atoms with Gasteiger partial charge in [0.1, 0.15) is 11.5 Å². The smallest absolute Gasteiger partial charge is 0.265 e. The van der Waals surface area contributed by atoms with E-state index in [2.05, 4.69) is 15.9 Å². The fourth-order valence-corrected chi connectivity index (χ4v) is 9.40. The molecule has 0 bridgehead atoms. The molecular weight excluding hydrogens is 716 g/mol. The predicted molar refractivity (Wildman–Crippen MR) is 194 cm³/mol. The molecule has 250 valence electrons. The Hall–Kier alpha value is -5.19. The number of Topliss-reactive ketones (excluding diaryl/α,β-unsaturated/α-hetero) is 2. The molecule has 0 N–H and O–H groups in total. The van der Waals surface area contributed by atoms with E-state index < -0.39 is 45.0 Å². The Morgan fingerprint density at radius 2 is 1.34 bits per heavy atom. The summed E-state index contributed by atoms with van der Waals surface area (Å²) in [7, 11) is -4.56. The number of para-hydroxylation sites is 2. The van der Waals surface area contributed by atoms with Crippen molar-refractivity contribution in [3.63, 3.8) is 0 Å². The zero-order valence-electron chi connectivity index (χ0n) is 27.1. The number of fused-ring (bicyclic) bond motifs is 3. The van der Waals surface area contributed by atoms with E-state index in [1.54, 1.807) is 115 Å². The second-order valence-corrected chi connectivity index (χ2v) is 15.3. The zero-order valence-corrected chi connectivity index (χ0v) is 29.5. The highest BCUT2D eigenvalue weighted by Crippen LogP contribution is 2.60. The molecule has 0 radical (unpaired) electrons. The highest BCUT2D eigenvalue weighted by atomic mass is 79.9. The van der Waals surface area contributed by atoms with Crippen LogP contribution in [0.5, 0.6) is 0 Å². The van der Waals surface area contributed by atoms with Gasteiger partial charge in [-0.3, -0.25) is 23.5 Å². The van der Waals surface area contributed by atoms with Gasteiger partial charge in [-0.05, 0) is 54.4 Å². The minimum Gasteiger partial charge on any atom is -0.294 e. The normalized spacial score (nSPS) is 19.6. The van der Waals surface area contributed by atoms with Gasteiger partial charge in [-0.2, -0.15) is 0 Å². The Labute approximate surface area is 298 Å². The first-order valence-corrected chi connectivity index (χ1v) is 18.2. The number of hydrogen-bond acceptors (Lipinski definition) is 6. The Bertz CT molecular complexity index is 2290. The number of carbonyl (C=O) groups is 4. The molecule has 2 aliphatic rings. The molecule has 0 aromatic heterocycles. The number of hydrogen-bond donors (Lipinski definition) is 0. The van der Waals surface area contributed by atoms with Crippen LogP contribution in [-0.4, -0.2) is 37.8 Å². The average molecular weight is 748 g/mol. The van der Waals surface area contributed by atoms with Crippen molar-refractivity contribution in [2.45, 2.75) is 42.5 Å². The van der Waals surface area contributed by atoms with Gasteiger partial charge in [-0.1, -0.05) is 112 Å². The first kappa shape index (κ1) is 33.3. The molecule has 50 heavy (non-hydrogen) atoms. The topological polar surface area (TPSA) is 109 Å². The number of imide groups is 1. The molecule has 10 heteroatoms. The highest BCUT2D eigenvalue weighted by Gasteiger charge is 2.68. The van der Waals surface area contributed by atoms with Gasteiger partial charge in [0.15, 0.2) is 11.6 Å². The molecular formula is C40H31BrN2O6S. The fourth-order valence-electron chi connectivity index (χ4n) is 7.46. The van der Waals surface area contributed by atoms with Gasteiger partial charge in [0.25, 0.3) is 10.0 Å². The van der Waals surface area contributed by atoms with Crippen LogP contribution in [0.2, 0.25) is 0 Å². The second kappa shape index (κ2) is 12.6. The maximum atomic E-state index is 15.4. The summed E-state index contributed by atoms with van der Waals surface area (Å²) >= 11 is 3.41. The standard InChI is InChI=1S/C40H31BrN2O6S/c1-25-16-22-30(23-17-25)50(48,49)43-34-14-8-6-12-31(34)33(24-36(45)27-18-20-29(41)21-19-27)40(38(43)37(46)28-10-4-3-5-11-28)32-13-7-9-15-35(32)42(26(2)44)39(40)47/h3-23,33,38H,24H2,1-2H3/t33-,38-,40+/m0/s1. The van der Waals surface area contributed by atoms with Crippen LogP contribution in [0.3, 0.4) is 0 Å². The third-order valence-electron chi connectivity index (χ3n) is 9.67. The molecule has 2 amide bonds. The van der Waals surface area contributed by atoms with Crippen molar-refractivity contribution in [2.75, 3.05) is 9.21 Å². The van der Waals surface area contributed by atoms with E-state index in [1.807, 2.05) is 6.92 Å². The van der Waals surface area contributed by atoms with Crippen LogP contribution in [0.25, 0.3) is 0 Å². The van der Waals surface area contributed by atoms with Gasteiger partial charge >= 0.3 is 0 Å². The quantitative estimate of drug-likeness (QED) is 0.161. The molecule has 5 aromatic carbocycles. The third kappa shape index (κ3) is 5.13. The molecule has 5 aromatic rings. The summed E-state index contributed by atoms with van der Waals surface area (Å²) < 4.78 is 32.0. The molecule has 7 rings (SSSR count). The van der Waals surface area contributed by atoms with Crippen LogP contribution in [-0.2, 0) is 25.0 Å². The lowest BCUT2D eigenvalue weighted by Crippen LogP contribution is -2.66.